The molecule has 1 aromatic carbocycles. The highest BCUT2D eigenvalue weighted by molar-refractivity contribution is 7.13. The average Bonchev–Trinajstić information content (AvgIpc) is 3.35. The van der Waals surface area contributed by atoms with Crippen LogP contribution in [0, 0.1) is 18.3 Å². The zero-order chi connectivity index (χ0) is 23.7. The van der Waals surface area contributed by atoms with Gasteiger partial charge in [-0.2, -0.15) is 18.4 Å². The average molecular weight is 478 g/mol. The predicted molar refractivity (Wildman–Crippen MR) is 117 cm³/mol. The number of nitriles is 1. The van der Waals surface area contributed by atoms with E-state index in [1.54, 1.807) is 23.6 Å². The van der Waals surface area contributed by atoms with Crippen LogP contribution in [0.15, 0.2) is 35.7 Å². The number of carbonyl (C=O) groups is 1. The first-order valence-corrected chi connectivity index (χ1v) is 11.0. The SMILES string of the molecule is Cc1nc(C(F)(F)F)c(/C(OC(=O)c2ccccc2)=C(\C#N)c2csc(C(C)(C)C)n2)s1. The molecule has 32 heavy (non-hydrogen) atoms. The van der Waals surface area contributed by atoms with E-state index in [1.807, 2.05) is 26.8 Å². The van der Waals surface area contributed by atoms with E-state index in [9.17, 15) is 23.2 Å². The zero-order valence-corrected chi connectivity index (χ0v) is 19.2. The fraction of sp³-hybridized carbons (Fsp3) is 0.273. The molecule has 0 saturated heterocycles. The molecule has 10 heteroatoms. The quantitative estimate of drug-likeness (QED) is 0.244. The summed E-state index contributed by atoms with van der Waals surface area (Å²) in [5.74, 6) is -1.40. The molecule has 3 rings (SSSR count). The smallest absolute Gasteiger partial charge is 0.420 e. The molecule has 166 valence electrons. The number of thiazole rings is 2. The first-order chi connectivity index (χ1) is 14.9. The van der Waals surface area contributed by atoms with Gasteiger partial charge in [0.2, 0.25) is 0 Å². The summed E-state index contributed by atoms with van der Waals surface area (Å²) in [5, 5.41) is 12.2. The van der Waals surface area contributed by atoms with Crippen LogP contribution in [0.3, 0.4) is 0 Å². The fourth-order valence-corrected chi connectivity index (χ4v) is 4.49. The highest BCUT2D eigenvalue weighted by atomic mass is 32.1. The first kappa shape index (κ1) is 23.6. The van der Waals surface area contributed by atoms with E-state index < -0.39 is 28.5 Å². The second-order valence-electron chi connectivity index (χ2n) is 7.77. The molecule has 0 amide bonds. The third-order valence-electron chi connectivity index (χ3n) is 4.15. The van der Waals surface area contributed by atoms with E-state index in [2.05, 4.69) is 9.97 Å². The Hall–Kier alpha value is -3.03. The summed E-state index contributed by atoms with van der Waals surface area (Å²) in [6.45, 7) is 7.19. The molecule has 0 N–H and O–H groups in total. The Balaban J connectivity index is 2.24. The van der Waals surface area contributed by atoms with E-state index in [0.29, 0.717) is 16.3 Å². The molecule has 2 aromatic heterocycles. The zero-order valence-electron chi connectivity index (χ0n) is 17.6. The lowest BCUT2D eigenvalue weighted by Crippen LogP contribution is -2.12. The molecular formula is C22H18F3N3O2S2. The van der Waals surface area contributed by atoms with Crippen LogP contribution < -0.4 is 0 Å². The first-order valence-electron chi connectivity index (χ1n) is 9.34. The Labute approximate surface area is 190 Å². The molecule has 0 saturated carbocycles. The molecule has 0 unspecified atom stereocenters. The number of nitrogens with zero attached hydrogens (tertiary/aromatic N) is 3. The topological polar surface area (TPSA) is 75.9 Å². The Morgan fingerprint density at radius 3 is 2.31 bits per heavy atom. The van der Waals surface area contributed by atoms with Crippen LogP contribution in [0.1, 0.15) is 57.4 Å². The van der Waals surface area contributed by atoms with Crippen molar-refractivity contribution in [2.24, 2.45) is 0 Å². The summed E-state index contributed by atoms with van der Waals surface area (Å²) in [6, 6.07) is 9.70. The second kappa shape index (κ2) is 8.84. The maximum atomic E-state index is 13.7. The van der Waals surface area contributed by atoms with Crippen molar-refractivity contribution < 1.29 is 22.7 Å². The van der Waals surface area contributed by atoms with Crippen LogP contribution in [0.4, 0.5) is 13.2 Å². The van der Waals surface area contributed by atoms with Crippen LogP contribution in [-0.2, 0) is 16.3 Å². The van der Waals surface area contributed by atoms with Crippen molar-refractivity contribution in [3.63, 3.8) is 0 Å². The van der Waals surface area contributed by atoms with Crippen molar-refractivity contribution in [3.05, 3.63) is 67.6 Å². The van der Waals surface area contributed by atoms with E-state index in [-0.39, 0.29) is 27.3 Å². The Morgan fingerprint density at radius 2 is 1.78 bits per heavy atom. The summed E-state index contributed by atoms with van der Waals surface area (Å²) in [4.78, 5) is 20.3. The summed E-state index contributed by atoms with van der Waals surface area (Å²) in [5.41, 5.74) is -1.55. The predicted octanol–water partition coefficient (Wildman–Crippen LogP) is 6.47. The van der Waals surface area contributed by atoms with Gasteiger partial charge in [0, 0.05) is 10.8 Å². The summed E-state index contributed by atoms with van der Waals surface area (Å²) in [6.07, 6.45) is -4.80. The number of aromatic nitrogens is 2. The minimum absolute atomic E-state index is 0.117. The monoisotopic (exact) mass is 477 g/mol. The third kappa shape index (κ3) is 5.06. The van der Waals surface area contributed by atoms with Gasteiger partial charge in [0.15, 0.2) is 11.5 Å². The van der Waals surface area contributed by atoms with Gasteiger partial charge in [-0.25, -0.2) is 14.8 Å². The number of carbonyl (C=O) groups excluding carboxylic acids is 1. The van der Waals surface area contributed by atoms with Gasteiger partial charge in [-0.3, -0.25) is 0 Å². The lowest BCUT2D eigenvalue weighted by molar-refractivity contribution is -0.141. The number of ether oxygens (including phenoxy) is 1. The van der Waals surface area contributed by atoms with E-state index in [1.165, 1.54) is 30.4 Å². The Kier molecular flexibility index (Phi) is 6.53. The molecule has 0 radical (unpaired) electrons. The van der Waals surface area contributed by atoms with Gasteiger partial charge >= 0.3 is 12.1 Å². The van der Waals surface area contributed by atoms with Crippen molar-refractivity contribution in [1.29, 1.82) is 5.26 Å². The Bertz CT molecular complexity index is 1210. The van der Waals surface area contributed by atoms with Crippen molar-refractivity contribution >= 4 is 40.0 Å². The summed E-state index contributed by atoms with van der Waals surface area (Å²) < 4.78 is 46.5. The number of aryl methyl sites for hydroxylation is 1. The van der Waals surface area contributed by atoms with Crippen molar-refractivity contribution in [1.82, 2.24) is 9.97 Å². The molecule has 0 aliphatic heterocycles. The highest BCUT2D eigenvalue weighted by Gasteiger charge is 2.40. The standard InChI is InChI=1S/C22H18F3N3O2S2/c1-12-27-18(22(23,24)25)17(32-12)16(30-19(29)13-8-6-5-7-9-13)14(10-26)15-11-31-20(28-15)21(2,3)4/h5-9,11H,1-4H3/b16-14-. The van der Waals surface area contributed by atoms with Gasteiger partial charge in [-0.05, 0) is 19.1 Å². The maximum Gasteiger partial charge on any atom is 0.434 e. The summed E-state index contributed by atoms with van der Waals surface area (Å²) in [7, 11) is 0. The molecule has 0 bridgehead atoms. The Morgan fingerprint density at radius 1 is 1.12 bits per heavy atom. The van der Waals surface area contributed by atoms with Crippen molar-refractivity contribution in [3.8, 4) is 6.07 Å². The number of benzene rings is 1. The number of hydrogen-bond donors (Lipinski definition) is 0. The highest BCUT2D eigenvalue weighted by Crippen LogP contribution is 2.41. The number of rotatable bonds is 4. The van der Waals surface area contributed by atoms with Crippen LogP contribution in [0.2, 0.25) is 0 Å². The van der Waals surface area contributed by atoms with E-state index >= 15 is 0 Å². The third-order valence-corrected chi connectivity index (χ3v) is 6.39. The lowest BCUT2D eigenvalue weighted by Gasteiger charge is -2.14. The minimum atomic E-state index is -4.80. The molecule has 0 atom stereocenters. The van der Waals surface area contributed by atoms with Gasteiger partial charge < -0.3 is 4.74 Å². The molecule has 0 aliphatic carbocycles. The molecule has 0 spiro atoms. The second-order valence-corrected chi connectivity index (χ2v) is 9.83. The normalized spacial score (nSPS) is 12.8. The fourth-order valence-electron chi connectivity index (χ4n) is 2.67. The molecule has 0 fully saturated rings. The van der Waals surface area contributed by atoms with E-state index in [0.717, 1.165) is 0 Å². The molecule has 3 aromatic rings. The molecule has 2 heterocycles. The van der Waals surface area contributed by atoms with Crippen LogP contribution >= 0.6 is 22.7 Å². The lowest BCUT2D eigenvalue weighted by atomic mass is 9.98. The van der Waals surface area contributed by atoms with Crippen LogP contribution in [0.25, 0.3) is 11.3 Å². The van der Waals surface area contributed by atoms with Crippen LogP contribution in [-0.4, -0.2) is 15.9 Å². The molecule has 0 aliphatic rings. The van der Waals surface area contributed by atoms with Crippen molar-refractivity contribution in [2.45, 2.75) is 39.3 Å². The number of esters is 1. The molecule has 5 nitrogen and oxygen atoms in total. The maximum absolute atomic E-state index is 13.7. The number of alkyl halides is 3. The van der Waals surface area contributed by atoms with Gasteiger partial charge in [-0.15, -0.1) is 22.7 Å². The van der Waals surface area contributed by atoms with Gasteiger partial charge in [0.05, 0.1) is 21.3 Å². The number of allylic oxidation sites excluding steroid dienone is 1. The van der Waals surface area contributed by atoms with Gasteiger partial charge in [-0.1, -0.05) is 39.0 Å². The van der Waals surface area contributed by atoms with Crippen LogP contribution in [0.5, 0.6) is 0 Å². The van der Waals surface area contributed by atoms with Crippen molar-refractivity contribution in [2.75, 3.05) is 0 Å². The van der Waals surface area contributed by atoms with E-state index in [4.69, 9.17) is 4.74 Å². The number of halogens is 3. The minimum Gasteiger partial charge on any atom is -0.420 e. The van der Waals surface area contributed by atoms with Gasteiger partial charge in [0.1, 0.15) is 16.5 Å². The van der Waals surface area contributed by atoms with Gasteiger partial charge in [0.25, 0.3) is 0 Å². The number of hydrogen-bond acceptors (Lipinski definition) is 7. The largest absolute Gasteiger partial charge is 0.434 e. The summed E-state index contributed by atoms with van der Waals surface area (Å²) >= 11 is 1.97. The molecular weight excluding hydrogens is 459 g/mol.